The summed E-state index contributed by atoms with van der Waals surface area (Å²) >= 11 is 6.20. The Labute approximate surface area is 152 Å². The first-order valence-electron chi connectivity index (χ1n) is 8.30. The van der Waals surface area contributed by atoms with Gasteiger partial charge >= 0.3 is 0 Å². The summed E-state index contributed by atoms with van der Waals surface area (Å²) < 4.78 is 5.18. The molecule has 0 amide bonds. The summed E-state index contributed by atoms with van der Waals surface area (Å²) in [5.41, 5.74) is 2.45. The number of aldehydes is 1. The summed E-state index contributed by atoms with van der Waals surface area (Å²) in [6, 6.07) is 7.64. The van der Waals surface area contributed by atoms with Crippen molar-refractivity contribution < 1.29 is 14.6 Å². The van der Waals surface area contributed by atoms with E-state index < -0.39 is 0 Å². The van der Waals surface area contributed by atoms with Crippen molar-refractivity contribution in [1.29, 1.82) is 0 Å². The first kappa shape index (κ1) is 17.7. The van der Waals surface area contributed by atoms with Gasteiger partial charge in [-0.05, 0) is 48.6 Å². The highest BCUT2D eigenvalue weighted by Gasteiger charge is 2.25. The van der Waals surface area contributed by atoms with Crippen LogP contribution in [0.3, 0.4) is 0 Å². The highest BCUT2D eigenvalue weighted by Crippen LogP contribution is 2.28. The number of halogens is 1. The molecule has 2 heterocycles. The number of rotatable bonds is 6. The number of hydrogen-bond donors (Lipinski definition) is 1. The summed E-state index contributed by atoms with van der Waals surface area (Å²) in [4.78, 5) is 17.9. The van der Waals surface area contributed by atoms with Crippen molar-refractivity contribution in [2.45, 2.75) is 25.3 Å². The first-order chi connectivity index (χ1) is 12.2. The Kier molecular flexibility index (Phi) is 5.56. The Morgan fingerprint density at radius 3 is 2.96 bits per heavy atom. The van der Waals surface area contributed by atoms with Gasteiger partial charge in [-0.2, -0.15) is 0 Å². The maximum absolute atomic E-state index is 11.4. The van der Waals surface area contributed by atoms with Gasteiger partial charge in [-0.15, -0.1) is 0 Å². The van der Waals surface area contributed by atoms with Crippen molar-refractivity contribution >= 4 is 23.7 Å². The SMILES string of the molecule is COc1ccc(Cc2cc(N3CCCC3CO)ncc2C=O)cc1Cl. The topological polar surface area (TPSA) is 62.7 Å². The number of methoxy groups -OCH3 is 1. The molecule has 1 aromatic heterocycles. The van der Waals surface area contributed by atoms with Gasteiger partial charge in [0.05, 0.1) is 24.8 Å². The van der Waals surface area contributed by atoms with Gasteiger partial charge in [0, 0.05) is 18.3 Å². The Morgan fingerprint density at radius 2 is 2.28 bits per heavy atom. The van der Waals surface area contributed by atoms with Gasteiger partial charge in [0.1, 0.15) is 11.6 Å². The van der Waals surface area contributed by atoms with E-state index in [1.54, 1.807) is 13.3 Å². The fraction of sp³-hybridized carbons (Fsp3) is 0.368. The van der Waals surface area contributed by atoms with Crippen molar-refractivity contribution in [3.63, 3.8) is 0 Å². The molecule has 6 heteroatoms. The normalized spacial score (nSPS) is 16.9. The summed E-state index contributed by atoms with van der Waals surface area (Å²) in [7, 11) is 1.58. The molecule has 3 rings (SSSR count). The van der Waals surface area contributed by atoms with Gasteiger partial charge < -0.3 is 14.7 Å². The molecule has 1 N–H and O–H groups in total. The first-order valence-corrected chi connectivity index (χ1v) is 8.68. The van der Waals surface area contributed by atoms with Crippen molar-refractivity contribution in [3.8, 4) is 5.75 Å². The van der Waals surface area contributed by atoms with Crippen LogP contribution in [0.15, 0.2) is 30.5 Å². The van der Waals surface area contributed by atoms with E-state index in [4.69, 9.17) is 16.3 Å². The van der Waals surface area contributed by atoms with E-state index in [-0.39, 0.29) is 12.6 Å². The number of pyridine rings is 1. The predicted molar refractivity (Wildman–Crippen MR) is 97.9 cm³/mol. The number of hydrogen-bond acceptors (Lipinski definition) is 5. The average Bonchev–Trinajstić information content (AvgIpc) is 3.10. The molecule has 1 atom stereocenters. The lowest BCUT2D eigenvalue weighted by molar-refractivity contribution is 0.112. The second-order valence-electron chi connectivity index (χ2n) is 6.18. The van der Waals surface area contributed by atoms with Crippen molar-refractivity contribution in [1.82, 2.24) is 4.98 Å². The van der Waals surface area contributed by atoms with E-state index in [1.165, 1.54) is 0 Å². The minimum absolute atomic E-state index is 0.0952. The average molecular weight is 361 g/mol. The van der Waals surface area contributed by atoms with Gasteiger partial charge in [0.15, 0.2) is 6.29 Å². The monoisotopic (exact) mass is 360 g/mol. The molecule has 25 heavy (non-hydrogen) atoms. The number of nitrogens with zero attached hydrogens (tertiary/aromatic N) is 2. The standard InChI is InChI=1S/C19H21ClN2O3/c1-25-18-5-4-13(8-17(18)20)7-14-9-19(21-10-15(14)11-23)22-6-2-3-16(22)12-24/h4-5,8-11,16,24H,2-3,6-7,12H2,1H3. The third-order valence-electron chi connectivity index (χ3n) is 4.63. The fourth-order valence-electron chi connectivity index (χ4n) is 3.28. The highest BCUT2D eigenvalue weighted by molar-refractivity contribution is 6.32. The smallest absolute Gasteiger partial charge is 0.151 e. The summed E-state index contributed by atoms with van der Waals surface area (Å²) in [6.07, 6.45) is 4.99. The maximum atomic E-state index is 11.4. The largest absolute Gasteiger partial charge is 0.495 e. The zero-order chi connectivity index (χ0) is 17.8. The molecule has 1 aliphatic heterocycles. The quantitative estimate of drug-likeness (QED) is 0.802. The second kappa shape index (κ2) is 7.85. The third kappa shape index (κ3) is 3.78. The summed E-state index contributed by atoms with van der Waals surface area (Å²) in [6.45, 7) is 0.979. The van der Waals surface area contributed by atoms with Crippen LogP contribution in [0.4, 0.5) is 5.82 Å². The zero-order valence-electron chi connectivity index (χ0n) is 14.1. The number of aromatic nitrogens is 1. The van der Waals surface area contributed by atoms with Crippen LogP contribution in [0.2, 0.25) is 5.02 Å². The van der Waals surface area contributed by atoms with Crippen molar-refractivity contribution in [3.05, 3.63) is 52.2 Å². The number of aliphatic hydroxyl groups is 1. The second-order valence-corrected chi connectivity index (χ2v) is 6.58. The molecule has 0 bridgehead atoms. The lowest BCUT2D eigenvalue weighted by Crippen LogP contribution is -2.32. The van der Waals surface area contributed by atoms with Crippen molar-refractivity contribution in [2.24, 2.45) is 0 Å². The number of aliphatic hydroxyl groups excluding tert-OH is 1. The predicted octanol–water partition coefficient (Wildman–Crippen LogP) is 3.11. The van der Waals surface area contributed by atoms with Crippen LogP contribution < -0.4 is 9.64 Å². The molecule has 1 aromatic carbocycles. The van der Waals surface area contributed by atoms with Crippen LogP contribution in [0, 0.1) is 0 Å². The maximum Gasteiger partial charge on any atom is 0.151 e. The van der Waals surface area contributed by atoms with Gasteiger partial charge in [-0.1, -0.05) is 17.7 Å². The van der Waals surface area contributed by atoms with Gasteiger partial charge in [0.25, 0.3) is 0 Å². The Balaban J connectivity index is 1.90. The molecule has 0 saturated carbocycles. The van der Waals surface area contributed by atoms with Crippen LogP contribution in [0.1, 0.15) is 34.3 Å². The Bertz CT molecular complexity index is 766. The molecule has 1 fully saturated rings. The molecule has 1 saturated heterocycles. The van der Waals surface area contributed by atoms with E-state index in [1.807, 2.05) is 24.3 Å². The number of ether oxygens (including phenoxy) is 1. The number of carbonyl (C=O) groups excluding carboxylic acids is 1. The zero-order valence-corrected chi connectivity index (χ0v) is 14.9. The molecule has 2 aromatic rings. The Morgan fingerprint density at radius 1 is 1.44 bits per heavy atom. The van der Waals surface area contributed by atoms with Crippen LogP contribution in [0.5, 0.6) is 5.75 Å². The number of anilines is 1. The van der Waals surface area contributed by atoms with Gasteiger partial charge in [0.2, 0.25) is 0 Å². The molecule has 0 aliphatic carbocycles. The van der Waals surface area contributed by atoms with Gasteiger partial charge in [-0.25, -0.2) is 4.98 Å². The minimum atomic E-state index is 0.0952. The molecule has 0 spiro atoms. The molecule has 1 aliphatic rings. The summed E-state index contributed by atoms with van der Waals surface area (Å²) in [5.74, 6) is 1.43. The van der Waals surface area contributed by atoms with E-state index in [0.29, 0.717) is 22.8 Å². The Hall–Kier alpha value is -2.11. The van der Waals surface area contributed by atoms with Crippen LogP contribution in [-0.4, -0.2) is 42.7 Å². The molecular formula is C19H21ClN2O3. The highest BCUT2D eigenvalue weighted by atomic mass is 35.5. The number of benzene rings is 1. The van der Waals surface area contributed by atoms with Crippen molar-refractivity contribution in [2.75, 3.05) is 25.2 Å². The van der Waals surface area contributed by atoms with E-state index in [2.05, 4.69) is 9.88 Å². The van der Waals surface area contributed by atoms with E-state index >= 15 is 0 Å². The number of carbonyl (C=O) groups is 1. The van der Waals surface area contributed by atoms with Crippen LogP contribution in [0.25, 0.3) is 0 Å². The molecule has 132 valence electrons. The lowest BCUT2D eigenvalue weighted by atomic mass is 10.0. The van der Waals surface area contributed by atoms with Crippen LogP contribution in [-0.2, 0) is 6.42 Å². The molecule has 0 radical (unpaired) electrons. The lowest BCUT2D eigenvalue weighted by Gasteiger charge is -2.24. The molecular weight excluding hydrogens is 340 g/mol. The molecule has 5 nitrogen and oxygen atoms in total. The minimum Gasteiger partial charge on any atom is -0.495 e. The molecule has 1 unspecified atom stereocenters. The third-order valence-corrected chi connectivity index (χ3v) is 4.93. The summed E-state index contributed by atoms with van der Waals surface area (Å²) in [5, 5.41) is 10.1. The van der Waals surface area contributed by atoms with Gasteiger partial charge in [-0.3, -0.25) is 4.79 Å². The van der Waals surface area contributed by atoms with E-state index in [0.717, 1.165) is 42.6 Å². The van der Waals surface area contributed by atoms with Crippen LogP contribution >= 0.6 is 11.6 Å². The fourth-order valence-corrected chi connectivity index (χ4v) is 3.56. The van der Waals surface area contributed by atoms with E-state index in [9.17, 15) is 9.90 Å².